The average Bonchev–Trinajstić information content (AvgIpc) is 3.05. The van der Waals surface area contributed by atoms with E-state index in [1.54, 1.807) is 12.3 Å². The molecule has 20 heavy (non-hydrogen) atoms. The van der Waals surface area contributed by atoms with Crippen molar-refractivity contribution in [1.29, 1.82) is 0 Å². The Morgan fingerprint density at radius 1 is 1.60 bits per heavy atom. The molecule has 0 aromatic carbocycles. The molecule has 1 N–H and O–H groups in total. The highest BCUT2D eigenvalue weighted by atomic mass is 32.2. The largest absolute Gasteiger partial charge is 0.379 e. The molecule has 0 unspecified atom stereocenters. The highest BCUT2D eigenvalue weighted by Gasteiger charge is 2.17. The highest BCUT2D eigenvalue weighted by Crippen LogP contribution is 2.14. The molecule has 1 atom stereocenters. The van der Waals surface area contributed by atoms with Gasteiger partial charge in [0, 0.05) is 30.8 Å². The standard InChI is InChI=1S/C12H20N2O4S2/c1-10-9-19-12(14-10)20(15,16)13-5-3-6-17-8-11-4-2-7-18-11/h9,11,13H,2-8H2,1H3/t11-/m0/s1. The van der Waals surface area contributed by atoms with Gasteiger partial charge in [0.25, 0.3) is 10.0 Å². The van der Waals surface area contributed by atoms with E-state index in [0.717, 1.165) is 36.5 Å². The summed E-state index contributed by atoms with van der Waals surface area (Å²) >= 11 is 1.13. The Kier molecular flexibility index (Phi) is 5.91. The predicted octanol–water partition coefficient (Wildman–Crippen LogP) is 1.32. The van der Waals surface area contributed by atoms with Gasteiger partial charge in [-0.1, -0.05) is 0 Å². The fourth-order valence-electron chi connectivity index (χ4n) is 1.89. The fraction of sp³-hybridized carbons (Fsp3) is 0.750. The van der Waals surface area contributed by atoms with Crippen LogP contribution < -0.4 is 4.72 Å². The Morgan fingerprint density at radius 2 is 2.45 bits per heavy atom. The van der Waals surface area contributed by atoms with Crippen LogP contribution in [0, 0.1) is 6.92 Å². The van der Waals surface area contributed by atoms with Crippen molar-refractivity contribution in [2.75, 3.05) is 26.4 Å². The van der Waals surface area contributed by atoms with Gasteiger partial charge in [-0.05, 0) is 26.2 Å². The Balaban J connectivity index is 1.60. The molecule has 0 amide bonds. The summed E-state index contributed by atoms with van der Waals surface area (Å²) in [6.07, 6.45) is 3.00. The fourth-order valence-corrected chi connectivity index (χ4v) is 4.04. The van der Waals surface area contributed by atoms with E-state index < -0.39 is 10.0 Å². The predicted molar refractivity (Wildman–Crippen MR) is 76.4 cm³/mol. The van der Waals surface area contributed by atoms with E-state index in [1.165, 1.54) is 0 Å². The number of hydrogen-bond donors (Lipinski definition) is 1. The van der Waals surface area contributed by atoms with Crippen molar-refractivity contribution in [3.05, 3.63) is 11.1 Å². The molecule has 0 spiro atoms. The number of hydrogen-bond acceptors (Lipinski definition) is 6. The molecule has 114 valence electrons. The Hall–Kier alpha value is -0.540. The lowest BCUT2D eigenvalue weighted by Gasteiger charge is -2.10. The van der Waals surface area contributed by atoms with Crippen molar-refractivity contribution >= 4 is 21.4 Å². The Bertz CT molecular complexity index is 509. The van der Waals surface area contributed by atoms with Crippen LogP contribution in [0.5, 0.6) is 0 Å². The van der Waals surface area contributed by atoms with Crippen LogP contribution in [0.3, 0.4) is 0 Å². The number of nitrogens with one attached hydrogen (secondary N) is 1. The lowest BCUT2D eigenvalue weighted by atomic mass is 10.2. The second-order valence-electron chi connectivity index (χ2n) is 4.72. The van der Waals surface area contributed by atoms with Crippen LogP contribution in [0.2, 0.25) is 0 Å². The third-order valence-corrected chi connectivity index (χ3v) is 5.75. The summed E-state index contributed by atoms with van der Waals surface area (Å²) in [4.78, 5) is 3.97. The van der Waals surface area contributed by atoms with E-state index in [0.29, 0.717) is 26.2 Å². The highest BCUT2D eigenvalue weighted by molar-refractivity contribution is 7.91. The first-order valence-electron chi connectivity index (χ1n) is 6.69. The zero-order chi connectivity index (χ0) is 14.4. The number of aryl methyl sites for hydroxylation is 1. The molecule has 0 aliphatic carbocycles. The molecule has 1 fully saturated rings. The van der Waals surface area contributed by atoms with Crippen molar-refractivity contribution in [2.45, 2.75) is 36.6 Å². The van der Waals surface area contributed by atoms with Crippen molar-refractivity contribution in [1.82, 2.24) is 9.71 Å². The molecule has 0 radical (unpaired) electrons. The quantitative estimate of drug-likeness (QED) is 0.731. The maximum atomic E-state index is 11.9. The molecular weight excluding hydrogens is 300 g/mol. The van der Waals surface area contributed by atoms with E-state index in [-0.39, 0.29) is 10.4 Å². The van der Waals surface area contributed by atoms with Gasteiger partial charge in [-0.3, -0.25) is 0 Å². The van der Waals surface area contributed by atoms with Crippen LogP contribution in [0.25, 0.3) is 0 Å². The zero-order valence-corrected chi connectivity index (χ0v) is 13.1. The molecule has 1 aromatic heterocycles. The summed E-state index contributed by atoms with van der Waals surface area (Å²) in [5.41, 5.74) is 0.718. The van der Waals surface area contributed by atoms with Gasteiger partial charge < -0.3 is 9.47 Å². The molecular formula is C12H20N2O4S2. The van der Waals surface area contributed by atoms with Crippen molar-refractivity contribution in [3.8, 4) is 0 Å². The van der Waals surface area contributed by atoms with Crippen LogP contribution in [0.1, 0.15) is 25.0 Å². The van der Waals surface area contributed by atoms with Gasteiger partial charge in [0.15, 0.2) is 0 Å². The van der Waals surface area contributed by atoms with Gasteiger partial charge in [-0.2, -0.15) is 0 Å². The summed E-state index contributed by atoms with van der Waals surface area (Å²) in [7, 11) is -3.47. The van der Waals surface area contributed by atoms with E-state index in [1.807, 2.05) is 0 Å². The molecule has 0 saturated carbocycles. The number of rotatable bonds is 8. The topological polar surface area (TPSA) is 77.5 Å². The Morgan fingerprint density at radius 3 is 3.10 bits per heavy atom. The van der Waals surface area contributed by atoms with E-state index in [2.05, 4.69) is 9.71 Å². The first-order valence-corrected chi connectivity index (χ1v) is 9.05. The van der Waals surface area contributed by atoms with Gasteiger partial charge >= 0.3 is 0 Å². The summed E-state index contributed by atoms with van der Waals surface area (Å²) in [6.45, 7) is 4.07. The van der Waals surface area contributed by atoms with E-state index >= 15 is 0 Å². The zero-order valence-electron chi connectivity index (χ0n) is 11.5. The van der Waals surface area contributed by atoms with Crippen molar-refractivity contribution in [2.24, 2.45) is 0 Å². The summed E-state index contributed by atoms with van der Waals surface area (Å²) in [5.74, 6) is 0. The van der Waals surface area contributed by atoms with Crippen LogP contribution in [0.4, 0.5) is 0 Å². The minimum atomic E-state index is -3.47. The minimum absolute atomic E-state index is 0.121. The number of ether oxygens (including phenoxy) is 2. The second-order valence-corrected chi connectivity index (χ2v) is 7.51. The second kappa shape index (κ2) is 7.46. The summed E-state index contributed by atoms with van der Waals surface area (Å²) < 4.78 is 37.3. The summed E-state index contributed by atoms with van der Waals surface area (Å²) in [6, 6.07) is 0. The molecule has 2 heterocycles. The average molecular weight is 320 g/mol. The molecule has 8 heteroatoms. The first kappa shape index (κ1) is 15.8. The number of aromatic nitrogens is 1. The van der Waals surface area contributed by atoms with Crippen molar-refractivity contribution in [3.63, 3.8) is 0 Å². The van der Waals surface area contributed by atoms with Gasteiger partial charge in [-0.15, -0.1) is 11.3 Å². The van der Waals surface area contributed by atoms with Crippen LogP contribution >= 0.6 is 11.3 Å². The first-order chi connectivity index (χ1) is 9.58. The van der Waals surface area contributed by atoms with E-state index in [9.17, 15) is 8.42 Å². The number of nitrogens with zero attached hydrogens (tertiary/aromatic N) is 1. The van der Waals surface area contributed by atoms with Crippen molar-refractivity contribution < 1.29 is 17.9 Å². The molecule has 6 nitrogen and oxygen atoms in total. The van der Waals surface area contributed by atoms with Crippen LogP contribution in [-0.4, -0.2) is 45.9 Å². The van der Waals surface area contributed by atoms with E-state index in [4.69, 9.17) is 9.47 Å². The third-order valence-electron chi connectivity index (χ3n) is 2.91. The molecule has 0 bridgehead atoms. The third kappa shape index (κ3) is 4.78. The molecule has 1 aliphatic heterocycles. The van der Waals surface area contributed by atoms with Gasteiger partial charge in [0.1, 0.15) is 0 Å². The lowest BCUT2D eigenvalue weighted by molar-refractivity contribution is 0.0169. The number of sulfonamides is 1. The SMILES string of the molecule is Cc1csc(S(=O)(=O)NCCCOC[C@@H]2CCCO2)n1. The normalized spacial score (nSPS) is 19.6. The number of thiazole rings is 1. The molecule has 1 aromatic rings. The maximum Gasteiger partial charge on any atom is 0.267 e. The van der Waals surface area contributed by atoms with Gasteiger partial charge in [0.05, 0.1) is 12.7 Å². The molecule has 1 saturated heterocycles. The minimum Gasteiger partial charge on any atom is -0.379 e. The molecule has 1 aliphatic rings. The van der Waals surface area contributed by atoms with Crippen LogP contribution in [0.15, 0.2) is 9.72 Å². The van der Waals surface area contributed by atoms with Gasteiger partial charge in [-0.25, -0.2) is 18.1 Å². The molecule has 2 rings (SSSR count). The maximum absolute atomic E-state index is 11.9. The summed E-state index contributed by atoms with van der Waals surface area (Å²) in [5, 5.41) is 1.72. The Labute approximate surface area is 123 Å². The monoisotopic (exact) mass is 320 g/mol. The van der Waals surface area contributed by atoms with Gasteiger partial charge in [0.2, 0.25) is 4.34 Å². The smallest absolute Gasteiger partial charge is 0.267 e. The van der Waals surface area contributed by atoms with Crippen LogP contribution in [-0.2, 0) is 19.5 Å². The lowest BCUT2D eigenvalue weighted by Crippen LogP contribution is -2.26.